The average Bonchev–Trinajstić information content (AvgIpc) is 2.78. The van der Waals surface area contributed by atoms with Gasteiger partial charge in [0.2, 0.25) is 5.91 Å². The van der Waals surface area contributed by atoms with Crippen LogP contribution in [-0.2, 0) is 11.8 Å². The third kappa shape index (κ3) is 3.61. The monoisotopic (exact) mass is 354 g/mol. The molecule has 2 aromatic rings. The first-order valence-corrected chi connectivity index (χ1v) is 7.72. The SMILES string of the molecule is Cc1ccc(NC(=O)[C@@H](C)Sc2nncn2C)c(Br)c1. The number of halogens is 1. The zero-order valence-corrected chi connectivity index (χ0v) is 13.8. The number of nitrogens with zero attached hydrogens (tertiary/aromatic N) is 3. The van der Waals surface area contributed by atoms with Gasteiger partial charge in [-0.2, -0.15) is 0 Å². The van der Waals surface area contributed by atoms with Crippen LogP contribution in [0.15, 0.2) is 34.2 Å². The molecule has 1 amide bonds. The Morgan fingerprint density at radius 1 is 1.50 bits per heavy atom. The van der Waals surface area contributed by atoms with Crippen molar-refractivity contribution in [2.75, 3.05) is 5.32 Å². The fourth-order valence-corrected chi connectivity index (χ4v) is 2.93. The van der Waals surface area contributed by atoms with E-state index < -0.39 is 0 Å². The number of benzene rings is 1. The highest BCUT2D eigenvalue weighted by Crippen LogP contribution is 2.26. The Bertz CT molecular complexity index is 629. The molecule has 1 N–H and O–H groups in total. The van der Waals surface area contributed by atoms with Gasteiger partial charge in [-0.05, 0) is 47.5 Å². The van der Waals surface area contributed by atoms with Crippen molar-refractivity contribution in [2.24, 2.45) is 7.05 Å². The van der Waals surface area contributed by atoms with Crippen LogP contribution in [0.1, 0.15) is 12.5 Å². The number of thioether (sulfide) groups is 1. The quantitative estimate of drug-likeness (QED) is 0.857. The summed E-state index contributed by atoms with van der Waals surface area (Å²) in [4.78, 5) is 12.2. The van der Waals surface area contributed by atoms with E-state index in [0.717, 1.165) is 20.9 Å². The number of carbonyl (C=O) groups excluding carboxylic acids is 1. The molecule has 0 aliphatic rings. The lowest BCUT2D eigenvalue weighted by molar-refractivity contribution is -0.115. The number of hydrogen-bond acceptors (Lipinski definition) is 4. The molecule has 0 radical (unpaired) electrons. The topological polar surface area (TPSA) is 59.8 Å². The number of aromatic nitrogens is 3. The van der Waals surface area contributed by atoms with E-state index in [1.165, 1.54) is 11.8 Å². The first-order valence-electron chi connectivity index (χ1n) is 6.05. The highest BCUT2D eigenvalue weighted by molar-refractivity contribution is 9.10. The first kappa shape index (κ1) is 15.1. The fraction of sp³-hybridized carbons (Fsp3) is 0.308. The molecule has 2 rings (SSSR count). The van der Waals surface area contributed by atoms with Crippen molar-refractivity contribution in [3.63, 3.8) is 0 Å². The Kier molecular flexibility index (Phi) is 4.82. The van der Waals surface area contributed by atoms with E-state index in [9.17, 15) is 4.79 Å². The molecule has 1 heterocycles. The Hall–Kier alpha value is -1.34. The van der Waals surface area contributed by atoms with Gasteiger partial charge >= 0.3 is 0 Å². The van der Waals surface area contributed by atoms with Crippen LogP contribution in [0.3, 0.4) is 0 Å². The molecule has 0 unspecified atom stereocenters. The maximum Gasteiger partial charge on any atom is 0.237 e. The van der Waals surface area contributed by atoms with E-state index in [4.69, 9.17) is 0 Å². The van der Waals surface area contributed by atoms with Crippen LogP contribution < -0.4 is 5.32 Å². The van der Waals surface area contributed by atoms with Crippen LogP contribution in [-0.4, -0.2) is 25.9 Å². The van der Waals surface area contributed by atoms with Crippen LogP contribution in [0.4, 0.5) is 5.69 Å². The van der Waals surface area contributed by atoms with Crippen LogP contribution >= 0.6 is 27.7 Å². The predicted octanol–water partition coefficient (Wildman–Crippen LogP) is 3.01. The van der Waals surface area contributed by atoms with Gasteiger partial charge in [-0.3, -0.25) is 4.79 Å². The van der Waals surface area contributed by atoms with Crippen molar-refractivity contribution in [1.29, 1.82) is 0 Å². The summed E-state index contributed by atoms with van der Waals surface area (Å²) in [5.74, 6) is -0.0671. The largest absolute Gasteiger partial charge is 0.324 e. The molecule has 0 saturated carbocycles. The van der Waals surface area contributed by atoms with E-state index >= 15 is 0 Å². The minimum Gasteiger partial charge on any atom is -0.324 e. The van der Waals surface area contributed by atoms with Gasteiger partial charge in [0.1, 0.15) is 6.33 Å². The van der Waals surface area contributed by atoms with Crippen molar-refractivity contribution in [3.05, 3.63) is 34.6 Å². The van der Waals surface area contributed by atoms with Gasteiger partial charge in [0.05, 0.1) is 10.9 Å². The van der Waals surface area contributed by atoms with Crippen molar-refractivity contribution >= 4 is 39.3 Å². The zero-order chi connectivity index (χ0) is 14.7. The highest BCUT2D eigenvalue weighted by atomic mass is 79.9. The van der Waals surface area contributed by atoms with Crippen LogP contribution in [0, 0.1) is 6.92 Å². The van der Waals surface area contributed by atoms with Gasteiger partial charge in [0, 0.05) is 11.5 Å². The summed E-state index contributed by atoms with van der Waals surface area (Å²) in [5.41, 5.74) is 1.90. The molecular weight excluding hydrogens is 340 g/mol. The molecule has 20 heavy (non-hydrogen) atoms. The minimum absolute atomic E-state index is 0.0671. The molecule has 0 saturated heterocycles. The fourth-order valence-electron chi connectivity index (χ4n) is 1.55. The van der Waals surface area contributed by atoms with E-state index in [-0.39, 0.29) is 11.2 Å². The standard InChI is InChI=1S/C13H15BrN4OS/c1-8-4-5-11(10(14)6-8)16-12(19)9(2)20-13-17-15-7-18(13)3/h4-7,9H,1-3H3,(H,16,19)/t9-/m1/s1. The van der Waals surface area contributed by atoms with Crippen molar-refractivity contribution in [1.82, 2.24) is 14.8 Å². The molecule has 0 fully saturated rings. The summed E-state index contributed by atoms with van der Waals surface area (Å²) in [6.07, 6.45) is 1.61. The number of amides is 1. The number of hydrogen-bond donors (Lipinski definition) is 1. The number of aryl methyl sites for hydroxylation is 2. The second-order valence-corrected chi connectivity index (χ2v) is 6.62. The lowest BCUT2D eigenvalue weighted by atomic mass is 10.2. The summed E-state index contributed by atoms with van der Waals surface area (Å²) in [5, 5.41) is 11.1. The van der Waals surface area contributed by atoms with Crippen LogP contribution in [0.2, 0.25) is 0 Å². The normalized spacial score (nSPS) is 12.2. The molecule has 0 bridgehead atoms. The number of rotatable bonds is 4. The van der Waals surface area contributed by atoms with Crippen LogP contribution in [0.25, 0.3) is 0 Å². The van der Waals surface area contributed by atoms with E-state index in [1.54, 1.807) is 10.9 Å². The molecule has 1 atom stereocenters. The number of nitrogens with one attached hydrogen (secondary N) is 1. The summed E-state index contributed by atoms with van der Waals surface area (Å²) in [6.45, 7) is 3.85. The van der Waals surface area contributed by atoms with E-state index in [0.29, 0.717) is 0 Å². The average molecular weight is 355 g/mol. The van der Waals surface area contributed by atoms with Gasteiger partial charge in [-0.25, -0.2) is 0 Å². The molecule has 1 aromatic heterocycles. The van der Waals surface area contributed by atoms with Gasteiger partial charge in [-0.15, -0.1) is 10.2 Å². The van der Waals surface area contributed by atoms with Gasteiger partial charge in [-0.1, -0.05) is 17.8 Å². The zero-order valence-electron chi connectivity index (χ0n) is 11.4. The third-order valence-corrected chi connectivity index (χ3v) is 4.51. The molecule has 0 aliphatic carbocycles. The molecule has 0 aliphatic heterocycles. The van der Waals surface area contributed by atoms with Gasteiger partial charge in [0.15, 0.2) is 5.16 Å². The van der Waals surface area contributed by atoms with Gasteiger partial charge in [0.25, 0.3) is 0 Å². The molecule has 1 aromatic carbocycles. The minimum atomic E-state index is -0.258. The summed E-state index contributed by atoms with van der Waals surface area (Å²) < 4.78 is 2.66. The first-order chi connectivity index (χ1) is 9.47. The Labute approximate surface area is 130 Å². The Morgan fingerprint density at radius 2 is 2.25 bits per heavy atom. The summed E-state index contributed by atoms with van der Waals surface area (Å²) >= 11 is 4.82. The third-order valence-electron chi connectivity index (χ3n) is 2.70. The van der Waals surface area contributed by atoms with Crippen molar-refractivity contribution < 1.29 is 4.79 Å². The van der Waals surface area contributed by atoms with Gasteiger partial charge < -0.3 is 9.88 Å². The van der Waals surface area contributed by atoms with Crippen LogP contribution in [0.5, 0.6) is 0 Å². The second-order valence-electron chi connectivity index (χ2n) is 4.46. The lowest BCUT2D eigenvalue weighted by Gasteiger charge is -2.12. The maximum absolute atomic E-state index is 12.2. The Balaban J connectivity index is 2.02. The lowest BCUT2D eigenvalue weighted by Crippen LogP contribution is -2.23. The summed E-state index contributed by atoms with van der Waals surface area (Å²) in [7, 11) is 1.85. The molecule has 0 spiro atoms. The van der Waals surface area contributed by atoms with E-state index in [1.807, 2.05) is 39.1 Å². The predicted molar refractivity (Wildman–Crippen MR) is 83.8 cm³/mol. The summed E-state index contributed by atoms with van der Waals surface area (Å²) in [6, 6.07) is 5.81. The highest BCUT2D eigenvalue weighted by Gasteiger charge is 2.18. The van der Waals surface area contributed by atoms with E-state index in [2.05, 4.69) is 31.4 Å². The van der Waals surface area contributed by atoms with Crippen molar-refractivity contribution in [2.45, 2.75) is 24.3 Å². The molecule has 5 nitrogen and oxygen atoms in total. The maximum atomic E-state index is 12.2. The number of anilines is 1. The smallest absolute Gasteiger partial charge is 0.237 e. The Morgan fingerprint density at radius 3 is 2.85 bits per heavy atom. The molecule has 7 heteroatoms. The second kappa shape index (κ2) is 6.41. The number of carbonyl (C=O) groups is 1. The molecular formula is C13H15BrN4OS. The molecule has 106 valence electrons. The van der Waals surface area contributed by atoms with Crippen molar-refractivity contribution in [3.8, 4) is 0 Å².